The van der Waals surface area contributed by atoms with Gasteiger partial charge >= 0.3 is 11.9 Å². The van der Waals surface area contributed by atoms with Crippen LogP contribution in [0.15, 0.2) is 36.4 Å². The van der Waals surface area contributed by atoms with Crippen LogP contribution in [0.3, 0.4) is 0 Å². The fourth-order valence-electron chi connectivity index (χ4n) is 7.53. The third-order valence-electron chi connectivity index (χ3n) is 8.32. The third kappa shape index (κ3) is 2.21. The molecule has 0 amide bonds. The molecule has 1 saturated heterocycles. The molecule has 0 radical (unpaired) electrons. The molecule has 3 aliphatic heterocycles. The average Bonchev–Trinajstić information content (AvgIpc) is 3.28. The summed E-state index contributed by atoms with van der Waals surface area (Å²) in [6, 6.07) is 7.53. The van der Waals surface area contributed by atoms with Crippen LogP contribution < -0.4 is 4.90 Å². The molecule has 6 atom stereocenters. The largest absolute Gasteiger partial charge is 0.467 e. The van der Waals surface area contributed by atoms with Crippen LogP contribution in [0.5, 0.6) is 0 Å². The number of ether oxygens (including phenoxy) is 2. The van der Waals surface area contributed by atoms with E-state index in [-0.39, 0.29) is 6.04 Å². The summed E-state index contributed by atoms with van der Waals surface area (Å²) in [5.74, 6) is -1.28. The van der Waals surface area contributed by atoms with Crippen LogP contribution in [-0.2, 0) is 24.5 Å². The highest BCUT2D eigenvalue weighted by molar-refractivity contribution is 5.86. The second-order valence-corrected chi connectivity index (χ2v) is 9.39. The van der Waals surface area contributed by atoms with Crippen LogP contribution in [0, 0.1) is 5.41 Å². The fraction of sp³-hybridized carbons (Fsp3) is 0.583. The molecule has 31 heavy (non-hydrogen) atoms. The minimum absolute atomic E-state index is 0.0135. The summed E-state index contributed by atoms with van der Waals surface area (Å²) in [5, 5.41) is 12.4. The van der Waals surface area contributed by atoms with E-state index in [9.17, 15) is 14.7 Å². The molecule has 0 bridgehead atoms. The van der Waals surface area contributed by atoms with E-state index in [4.69, 9.17) is 9.47 Å². The van der Waals surface area contributed by atoms with E-state index < -0.39 is 40.5 Å². The highest BCUT2D eigenvalue weighted by atomic mass is 16.6. The second-order valence-electron chi connectivity index (χ2n) is 9.39. The Balaban J connectivity index is 1.87. The first-order valence-corrected chi connectivity index (χ1v) is 11.0. The van der Waals surface area contributed by atoms with Crippen LogP contribution in [0.2, 0.25) is 0 Å². The van der Waals surface area contributed by atoms with Gasteiger partial charge in [-0.2, -0.15) is 0 Å². The first-order chi connectivity index (χ1) is 14.8. The molecule has 1 aromatic carbocycles. The van der Waals surface area contributed by atoms with Crippen LogP contribution in [0.25, 0.3) is 0 Å². The minimum Gasteiger partial charge on any atom is -0.467 e. The van der Waals surface area contributed by atoms with Gasteiger partial charge in [0.15, 0.2) is 6.10 Å². The van der Waals surface area contributed by atoms with Gasteiger partial charge in [-0.3, -0.25) is 9.69 Å². The van der Waals surface area contributed by atoms with E-state index in [1.54, 1.807) is 0 Å². The Morgan fingerprint density at radius 1 is 1.26 bits per heavy atom. The zero-order valence-corrected chi connectivity index (χ0v) is 18.5. The van der Waals surface area contributed by atoms with Crippen LogP contribution >= 0.6 is 0 Å². The van der Waals surface area contributed by atoms with Crippen molar-refractivity contribution in [1.82, 2.24) is 4.90 Å². The van der Waals surface area contributed by atoms with Crippen LogP contribution in [-0.4, -0.2) is 73.0 Å². The first-order valence-electron chi connectivity index (χ1n) is 11.0. The number of aliphatic hydroxyl groups is 1. The summed E-state index contributed by atoms with van der Waals surface area (Å²) in [7, 11) is 3.19. The normalized spacial score (nSPS) is 40.2. The van der Waals surface area contributed by atoms with Crippen molar-refractivity contribution in [1.29, 1.82) is 0 Å². The Kier molecular flexibility index (Phi) is 4.34. The Labute approximate surface area is 182 Å². The molecule has 0 unspecified atom stereocenters. The van der Waals surface area contributed by atoms with E-state index in [0.717, 1.165) is 30.8 Å². The number of rotatable bonds is 3. The Bertz CT molecular complexity index is 978. The van der Waals surface area contributed by atoms with E-state index in [2.05, 4.69) is 23.1 Å². The summed E-state index contributed by atoms with van der Waals surface area (Å²) in [6.07, 6.45) is 4.52. The zero-order valence-electron chi connectivity index (χ0n) is 18.5. The highest BCUT2D eigenvalue weighted by Crippen LogP contribution is 2.67. The number of carbonyl (C=O) groups excluding carboxylic acids is 2. The number of esters is 2. The number of benzene rings is 1. The molecule has 5 rings (SSSR count). The van der Waals surface area contributed by atoms with Crippen molar-refractivity contribution in [3.8, 4) is 0 Å². The van der Waals surface area contributed by atoms with E-state index in [1.807, 2.05) is 37.1 Å². The second kappa shape index (κ2) is 6.56. The number of para-hydroxylation sites is 1. The lowest BCUT2D eigenvalue weighted by atomic mass is 9.47. The summed E-state index contributed by atoms with van der Waals surface area (Å²) < 4.78 is 11.1. The number of anilines is 1. The number of hydrogen-bond acceptors (Lipinski definition) is 7. The SMILES string of the molecule is CC[C@]12C=CCN3CC[C@@]4(c5ccccc5N(C)[C@@H]4[C@](O)(C(=O)OC)[C@H]1OC(C)=O)[C@@H]32. The molecule has 1 saturated carbocycles. The van der Waals surface area contributed by atoms with Gasteiger partial charge in [0.25, 0.3) is 0 Å². The standard InChI is InChI=1S/C24H30N2O5/c1-5-22-11-8-13-26-14-12-23(18(22)26)16-9-6-7-10-17(16)25(3)19(23)24(29,21(28)30-4)20(22)31-15(2)27/h6-11,18-20,29H,5,12-14H2,1-4H3/t18-,19-,20-,22+,23+,24+/m0/s1. The van der Waals surface area contributed by atoms with Gasteiger partial charge in [0.05, 0.1) is 13.2 Å². The molecule has 0 aromatic heterocycles. The summed E-state index contributed by atoms with van der Waals surface area (Å²) in [5.41, 5.74) is -1.10. The third-order valence-corrected chi connectivity index (χ3v) is 8.32. The molecule has 1 N–H and O–H groups in total. The van der Waals surface area contributed by atoms with E-state index in [1.165, 1.54) is 14.0 Å². The maximum atomic E-state index is 13.4. The lowest BCUT2D eigenvalue weighted by Crippen LogP contribution is -2.81. The molecule has 166 valence electrons. The monoisotopic (exact) mass is 426 g/mol. The van der Waals surface area contributed by atoms with Crippen molar-refractivity contribution in [2.45, 2.75) is 55.9 Å². The molecular formula is C24H30N2O5. The molecule has 3 heterocycles. The summed E-state index contributed by atoms with van der Waals surface area (Å²) in [6.45, 7) is 5.02. The smallest absolute Gasteiger partial charge is 0.344 e. The van der Waals surface area contributed by atoms with Crippen molar-refractivity contribution in [3.63, 3.8) is 0 Å². The van der Waals surface area contributed by atoms with E-state index >= 15 is 0 Å². The average molecular weight is 427 g/mol. The van der Waals surface area contributed by atoms with Crippen molar-refractivity contribution >= 4 is 17.6 Å². The fourth-order valence-corrected chi connectivity index (χ4v) is 7.53. The predicted octanol–water partition coefficient (Wildman–Crippen LogP) is 1.63. The van der Waals surface area contributed by atoms with Gasteiger partial charge in [-0.1, -0.05) is 37.3 Å². The number of carbonyl (C=O) groups is 2. The van der Waals surface area contributed by atoms with Crippen molar-refractivity contribution in [2.24, 2.45) is 5.41 Å². The Hall–Kier alpha value is -2.38. The van der Waals surface area contributed by atoms with Crippen molar-refractivity contribution in [2.75, 3.05) is 32.1 Å². The molecule has 1 aromatic rings. The van der Waals surface area contributed by atoms with Gasteiger partial charge in [0, 0.05) is 43.1 Å². The van der Waals surface area contributed by atoms with Gasteiger partial charge in [-0.25, -0.2) is 4.79 Å². The Morgan fingerprint density at radius 3 is 2.68 bits per heavy atom. The minimum atomic E-state index is -2.03. The highest BCUT2D eigenvalue weighted by Gasteiger charge is 2.80. The van der Waals surface area contributed by atoms with Crippen molar-refractivity contribution in [3.05, 3.63) is 42.0 Å². The van der Waals surface area contributed by atoms with Crippen LogP contribution in [0.1, 0.15) is 32.3 Å². The topological polar surface area (TPSA) is 79.3 Å². The van der Waals surface area contributed by atoms with E-state index in [0.29, 0.717) is 6.42 Å². The maximum Gasteiger partial charge on any atom is 0.344 e. The molecule has 7 nitrogen and oxygen atoms in total. The summed E-state index contributed by atoms with van der Waals surface area (Å²) >= 11 is 0. The number of methoxy groups -OCH3 is 1. The van der Waals surface area contributed by atoms with Crippen molar-refractivity contribution < 1.29 is 24.2 Å². The predicted molar refractivity (Wildman–Crippen MR) is 115 cm³/mol. The number of likely N-dealkylation sites (N-methyl/N-ethyl adjacent to an activating group) is 1. The van der Waals surface area contributed by atoms with Gasteiger partial charge in [0.1, 0.15) is 0 Å². The molecule has 2 fully saturated rings. The molecular weight excluding hydrogens is 396 g/mol. The molecule has 1 aliphatic carbocycles. The quantitative estimate of drug-likeness (QED) is 0.581. The van der Waals surface area contributed by atoms with Gasteiger partial charge in [-0.15, -0.1) is 0 Å². The molecule has 4 aliphatic rings. The first kappa shape index (κ1) is 20.5. The number of nitrogens with zero attached hydrogens (tertiary/aromatic N) is 2. The number of fused-ring (bicyclic) bond motifs is 1. The molecule has 7 heteroatoms. The zero-order chi connectivity index (χ0) is 22.2. The summed E-state index contributed by atoms with van der Waals surface area (Å²) in [4.78, 5) is 30.1. The molecule has 1 spiro atoms. The Morgan fingerprint density at radius 2 is 2.00 bits per heavy atom. The lowest BCUT2D eigenvalue weighted by Gasteiger charge is -2.63. The van der Waals surface area contributed by atoms with Gasteiger partial charge < -0.3 is 19.5 Å². The van der Waals surface area contributed by atoms with Crippen LogP contribution in [0.4, 0.5) is 5.69 Å². The lowest BCUT2D eigenvalue weighted by molar-refractivity contribution is -0.228. The van der Waals surface area contributed by atoms with Gasteiger partial charge in [0.2, 0.25) is 5.60 Å². The number of hydrogen-bond donors (Lipinski definition) is 1. The maximum absolute atomic E-state index is 13.4. The van der Waals surface area contributed by atoms with Gasteiger partial charge in [-0.05, 0) is 31.0 Å².